The molecule has 1 saturated heterocycles. The van der Waals surface area contributed by atoms with Gasteiger partial charge in [0.1, 0.15) is 5.82 Å². The summed E-state index contributed by atoms with van der Waals surface area (Å²) in [7, 11) is -3.80. The molecule has 2 aromatic rings. The number of rotatable bonds is 7. The van der Waals surface area contributed by atoms with Gasteiger partial charge in [0.25, 0.3) is 5.91 Å². The highest BCUT2D eigenvalue weighted by molar-refractivity contribution is 7.89. The van der Waals surface area contributed by atoms with Gasteiger partial charge >= 0.3 is 0 Å². The molecule has 1 heterocycles. The number of hydrogen-bond acceptors (Lipinski definition) is 5. The number of ether oxygens (including phenoxy) is 1. The van der Waals surface area contributed by atoms with E-state index in [4.69, 9.17) is 27.9 Å². The van der Waals surface area contributed by atoms with Crippen molar-refractivity contribution in [2.24, 2.45) is 0 Å². The van der Waals surface area contributed by atoms with E-state index in [0.717, 1.165) is 35.8 Å². The highest BCUT2D eigenvalue weighted by Gasteiger charge is 2.37. The Morgan fingerprint density at radius 1 is 1.17 bits per heavy atom. The van der Waals surface area contributed by atoms with Crippen molar-refractivity contribution in [3.05, 3.63) is 68.4 Å². The second-order valence-corrected chi connectivity index (χ2v) is 12.7. The minimum atomic E-state index is -3.80. The third-order valence-corrected chi connectivity index (χ3v) is 7.46. The molecule has 2 fully saturated rings. The lowest BCUT2D eigenvalue weighted by Crippen LogP contribution is -2.56. The Labute approximate surface area is 215 Å². The van der Waals surface area contributed by atoms with Crippen LogP contribution < -0.4 is 4.72 Å². The molecule has 2 aliphatic rings. The average Bonchev–Trinajstić information content (AvgIpc) is 3.54. The summed E-state index contributed by atoms with van der Waals surface area (Å²) < 4.78 is 45.9. The van der Waals surface area contributed by atoms with Crippen LogP contribution in [0.3, 0.4) is 0 Å². The van der Waals surface area contributed by atoms with E-state index in [0.29, 0.717) is 36.2 Å². The zero-order valence-electron chi connectivity index (χ0n) is 19.9. The molecule has 1 unspecified atom stereocenters. The summed E-state index contributed by atoms with van der Waals surface area (Å²) in [5.41, 5.74) is 2.15. The molecule has 1 aliphatic heterocycles. The van der Waals surface area contributed by atoms with Gasteiger partial charge in [0.15, 0.2) is 0 Å². The van der Waals surface area contributed by atoms with Crippen LogP contribution in [0.4, 0.5) is 4.39 Å². The van der Waals surface area contributed by atoms with Crippen LogP contribution >= 0.6 is 23.2 Å². The predicted molar refractivity (Wildman–Crippen MR) is 135 cm³/mol. The number of nitrogens with one attached hydrogen (secondary N) is 1. The second-order valence-electron chi connectivity index (χ2n) is 10.1. The van der Waals surface area contributed by atoms with Gasteiger partial charge in [0, 0.05) is 28.7 Å². The minimum absolute atomic E-state index is 0.0911. The lowest BCUT2D eigenvalue weighted by Gasteiger charge is -2.45. The first-order valence-corrected chi connectivity index (χ1v) is 14.1. The van der Waals surface area contributed by atoms with Crippen molar-refractivity contribution in [1.29, 1.82) is 0 Å². The first-order chi connectivity index (χ1) is 16.3. The van der Waals surface area contributed by atoms with Gasteiger partial charge in [-0.05, 0) is 86.1 Å². The van der Waals surface area contributed by atoms with E-state index < -0.39 is 21.7 Å². The van der Waals surface area contributed by atoms with Gasteiger partial charge in [-0.3, -0.25) is 9.69 Å². The van der Waals surface area contributed by atoms with E-state index in [2.05, 4.69) is 18.7 Å². The van der Waals surface area contributed by atoms with Gasteiger partial charge in [0.05, 0.1) is 24.5 Å². The monoisotopic (exact) mass is 542 g/mol. The standard InChI is InChI=1S/C25H29Cl2FN2O4S/c1-25(2)14-34-20(8-15-6-18(26)10-19(27)7-15)13-30(25)12-17-9-23(28)22(11-21(17)16-4-5-16)24(31)29-35(3,32)33/h6-7,9-11,16,20H,4-5,8,12-14H2,1-3H3,(H,29,31). The molecular formula is C25H29Cl2FN2O4S. The van der Waals surface area contributed by atoms with Gasteiger partial charge < -0.3 is 4.74 Å². The number of amides is 1. The zero-order valence-corrected chi connectivity index (χ0v) is 22.2. The Morgan fingerprint density at radius 3 is 2.43 bits per heavy atom. The van der Waals surface area contributed by atoms with Gasteiger partial charge in [-0.2, -0.15) is 0 Å². The number of nitrogens with zero attached hydrogens (tertiary/aromatic N) is 1. The Bertz CT molecular complexity index is 1230. The third-order valence-electron chi connectivity index (χ3n) is 6.47. The van der Waals surface area contributed by atoms with Crippen molar-refractivity contribution in [1.82, 2.24) is 9.62 Å². The minimum Gasteiger partial charge on any atom is -0.375 e. The lowest BCUT2D eigenvalue weighted by molar-refractivity contribution is -0.101. The van der Waals surface area contributed by atoms with E-state index >= 15 is 4.39 Å². The number of hydrogen-bond donors (Lipinski definition) is 1. The zero-order chi connectivity index (χ0) is 25.5. The molecule has 10 heteroatoms. The molecule has 0 bridgehead atoms. The summed E-state index contributed by atoms with van der Waals surface area (Å²) >= 11 is 12.3. The van der Waals surface area contributed by atoms with E-state index in [9.17, 15) is 13.2 Å². The van der Waals surface area contributed by atoms with Crippen molar-refractivity contribution in [3.63, 3.8) is 0 Å². The van der Waals surface area contributed by atoms with Crippen LogP contribution in [0.15, 0.2) is 30.3 Å². The van der Waals surface area contributed by atoms with Crippen LogP contribution in [0, 0.1) is 5.82 Å². The fraction of sp³-hybridized carbons (Fsp3) is 0.480. The van der Waals surface area contributed by atoms with Crippen LogP contribution in [-0.4, -0.2) is 50.3 Å². The topological polar surface area (TPSA) is 75.7 Å². The SMILES string of the molecule is CC1(C)COC(Cc2cc(Cl)cc(Cl)c2)CN1Cc1cc(F)c(C(=O)NS(C)(=O)=O)cc1C1CC1. The fourth-order valence-electron chi connectivity index (χ4n) is 4.50. The maximum absolute atomic E-state index is 15.0. The summed E-state index contributed by atoms with van der Waals surface area (Å²) in [5.74, 6) is -1.45. The summed E-state index contributed by atoms with van der Waals surface area (Å²) in [5, 5.41) is 1.15. The molecule has 1 aliphatic carbocycles. The van der Waals surface area contributed by atoms with Crippen molar-refractivity contribution < 1.29 is 22.3 Å². The second kappa shape index (κ2) is 9.98. The average molecular weight is 543 g/mol. The Hall–Kier alpha value is -1.71. The molecule has 1 amide bonds. The molecule has 35 heavy (non-hydrogen) atoms. The Morgan fingerprint density at radius 2 is 1.83 bits per heavy atom. The van der Waals surface area contributed by atoms with Crippen molar-refractivity contribution >= 4 is 39.1 Å². The number of sulfonamides is 1. The summed E-state index contributed by atoms with van der Waals surface area (Å²) in [6, 6.07) is 8.34. The number of morpholine rings is 1. The largest absolute Gasteiger partial charge is 0.375 e. The molecule has 0 aromatic heterocycles. The van der Waals surface area contributed by atoms with Crippen LogP contribution in [0.1, 0.15) is 59.7 Å². The highest BCUT2D eigenvalue weighted by atomic mass is 35.5. The molecule has 1 N–H and O–H groups in total. The normalized spacial score (nSPS) is 20.6. The van der Waals surface area contributed by atoms with Crippen LogP contribution in [-0.2, 0) is 27.7 Å². The lowest BCUT2D eigenvalue weighted by atomic mass is 9.94. The molecule has 0 spiro atoms. The fourth-order valence-corrected chi connectivity index (χ4v) is 5.52. The summed E-state index contributed by atoms with van der Waals surface area (Å²) in [6.07, 6.45) is 3.33. The number of halogens is 3. The molecule has 6 nitrogen and oxygen atoms in total. The van der Waals surface area contributed by atoms with Gasteiger partial charge in [-0.25, -0.2) is 17.5 Å². The van der Waals surface area contributed by atoms with E-state index in [-0.39, 0.29) is 23.1 Å². The van der Waals surface area contributed by atoms with Gasteiger partial charge in [-0.1, -0.05) is 23.2 Å². The maximum Gasteiger partial charge on any atom is 0.267 e. The molecule has 1 atom stereocenters. The number of benzene rings is 2. The molecule has 190 valence electrons. The quantitative estimate of drug-likeness (QED) is 0.537. The van der Waals surface area contributed by atoms with Gasteiger partial charge in [-0.15, -0.1) is 0 Å². The van der Waals surface area contributed by atoms with Crippen molar-refractivity contribution in [3.8, 4) is 0 Å². The number of carbonyl (C=O) groups is 1. The highest BCUT2D eigenvalue weighted by Crippen LogP contribution is 2.43. The van der Waals surface area contributed by atoms with E-state index in [1.165, 1.54) is 12.1 Å². The summed E-state index contributed by atoms with van der Waals surface area (Å²) in [4.78, 5) is 14.6. The Balaban J connectivity index is 1.57. The number of carbonyl (C=O) groups excluding carboxylic acids is 1. The van der Waals surface area contributed by atoms with Gasteiger partial charge in [0.2, 0.25) is 10.0 Å². The summed E-state index contributed by atoms with van der Waals surface area (Å²) in [6.45, 7) is 5.78. The van der Waals surface area contributed by atoms with Crippen LogP contribution in [0.2, 0.25) is 10.0 Å². The van der Waals surface area contributed by atoms with Crippen LogP contribution in [0.5, 0.6) is 0 Å². The first kappa shape index (κ1) is 26.4. The smallest absolute Gasteiger partial charge is 0.267 e. The molecule has 4 rings (SSSR count). The molecule has 1 saturated carbocycles. The van der Waals surface area contributed by atoms with Crippen LogP contribution in [0.25, 0.3) is 0 Å². The first-order valence-electron chi connectivity index (χ1n) is 11.5. The van der Waals surface area contributed by atoms with E-state index in [1.54, 1.807) is 6.07 Å². The Kier molecular flexibility index (Phi) is 7.51. The van der Waals surface area contributed by atoms with Crippen molar-refractivity contribution in [2.75, 3.05) is 19.4 Å². The predicted octanol–water partition coefficient (Wildman–Crippen LogP) is 4.92. The molecule has 2 aromatic carbocycles. The molecule has 0 radical (unpaired) electrons. The third kappa shape index (κ3) is 6.74. The van der Waals surface area contributed by atoms with Crippen molar-refractivity contribution in [2.45, 2.75) is 57.2 Å². The maximum atomic E-state index is 15.0. The van der Waals surface area contributed by atoms with E-state index in [1.807, 2.05) is 16.9 Å². The molecular weight excluding hydrogens is 514 g/mol.